The van der Waals surface area contributed by atoms with Crippen LogP contribution in [0, 0.1) is 5.41 Å². The van der Waals surface area contributed by atoms with Crippen molar-refractivity contribution in [1.82, 2.24) is 0 Å². The third kappa shape index (κ3) is 3.57. The number of rotatable bonds is 1. The van der Waals surface area contributed by atoms with Gasteiger partial charge >= 0.3 is 0 Å². The molecular formula is C23H22Cl2N2O3. The number of halogens is 2. The van der Waals surface area contributed by atoms with Crippen molar-refractivity contribution in [2.45, 2.75) is 39.7 Å². The molecule has 1 aliphatic carbocycles. The van der Waals surface area contributed by atoms with E-state index in [4.69, 9.17) is 23.2 Å². The lowest BCUT2D eigenvalue weighted by molar-refractivity contribution is -0.118. The van der Waals surface area contributed by atoms with Crippen LogP contribution < -0.4 is 10.2 Å². The SMILES string of the molecule is CC(=O)N1c2cccc(O)c2NC2=C(C(=O)CC(C)(C)C2)C1c1cc(Cl)cc(Cl)c1. The van der Waals surface area contributed by atoms with Gasteiger partial charge in [-0.1, -0.05) is 43.1 Å². The van der Waals surface area contributed by atoms with Crippen molar-refractivity contribution in [3.63, 3.8) is 0 Å². The second-order valence-corrected chi connectivity index (χ2v) is 9.50. The molecule has 1 aliphatic heterocycles. The summed E-state index contributed by atoms with van der Waals surface area (Å²) in [5.74, 6) is -0.310. The predicted molar refractivity (Wildman–Crippen MR) is 119 cm³/mol. The Labute approximate surface area is 185 Å². The molecule has 7 heteroatoms. The van der Waals surface area contributed by atoms with Crippen LogP contribution in [0.15, 0.2) is 47.7 Å². The average molecular weight is 445 g/mol. The third-order valence-corrected chi connectivity index (χ3v) is 5.98. The molecule has 0 spiro atoms. The molecule has 2 aromatic carbocycles. The Morgan fingerprint density at radius 1 is 1.17 bits per heavy atom. The summed E-state index contributed by atoms with van der Waals surface area (Å²) in [4.78, 5) is 27.8. The maximum atomic E-state index is 13.4. The highest BCUT2D eigenvalue weighted by Gasteiger charge is 2.43. The highest BCUT2D eigenvalue weighted by molar-refractivity contribution is 6.34. The number of phenols is 1. The van der Waals surface area contributed by atoms with Crippen LogP contribution in [-0.2, 0) is 9.59 Å². The van der Waals surface area contributed by atoms with Crippen molar-refractivity contribution in [1.29, 1.82) is 0 Å². The van der Waals surface area contributed by atoms with Crippen molar-refractivity contribution in [2.24, 2.45) is 5.41 Å². The molecule has 2 aromatic rings. The molecule has 4 rings (SSSR count). The second kappa shape index (κ2) is 7.33. The highest BCUT2D eigenvalue weighted by atomic mass is 35.5. The van der Waals surface area contributed by atoms with Gasteiger partial charge in [-0.2, -0.15) is 0 Å². The fourth-order valence-corrected chi connectivity index (χ4v) is 4.98. The standard InChI is InChI=1S/C23H22Cl2N2O3/c1-12(28)27-17-5-4-6-18(29)21(17)26-16-10-23(2,3)11-19(30)20(16)22(27)13-7-14(24)9-15(25)8-13/h4-9,22,26,29H,10-11H2,1-3H3. The lowest BCUT2D eigenvalue weighted by Gasteiger charge is -2.36. The van der Waals surface area contributed by atoms with Gasteiger partial charge in [-0.25, -0.2) is 0 Å². The van der Waals surface area contributed by atoms with Crippen molar-refractivity contribution in [2.75, 3.05) is 10.2 Å². The van der Waals surface area contributed by atoms with E-state index in [1.165, 1.54) is 11.8 Å². The predicted octanol–water partition coefficient (Wildman–Crippen LogP) is 5.86. The van der Waals surface area contributed by atoms with Gasteiger partial charge in [0, 0.05) is 34.7 Å². The van der Waals surface area contributed by atoms with Crippen molar-refractivity contribution in [3.05, 3.63) is 63.3 Å². The van der Waals surface area contributed by atoms with Crippen LogP contribution in [0.25, 0.3) is 0 Å². The molecule has 0 radical (unpaired) electrons. The summed E-state index contributed by atoms with van der Waals surface area (Å²) in [7, 11) is 0. The van der Waals surface area contributed by atoms with E-state index in [1.807, 2.05) is 13.8 Å². The number of hydrogen-bond acceptors (Lipinski definition) is 4. The van der Waals surface area contributed by atoms with Crippen molar-refractivity contribution >= 4 is 46.3 Å². The summed E-state index contributed by atoms with van der Waals surface area (Å²) in [6.07, 6.45) is 0.949. The van der Waals surface area contributed by atoms with Crippen LogP contribution >= 0.6 is 23.2 Å². The van der Waals surface area contributed by atoms with E-state index in [0.717, 1.165) is 0 Å². The minimum absolute atomic E-state index is 0.00575. The molecule has 0 saturated carbocycles. The zero-order chi connectivity index (χ0) is 21.8. The molecular weight excluding hydrogens is 423 g/mol. The Bertz CT molecular complexity index is 1090. The van der Waals surface area contributed by atoms with E-state index in [-0.39, 0.29) is 22.9 Å². The van der Waals surface area contributed by atoms with E-state index in [1.54, 1.807) is 36.4 Å². The number of nitrogens with one attached hydrogen (secondary N) is 1. The van der Waals surface area contributed by atoms with Gasteiger partial charge in [0.1, 0.15) is 11.4 Å². The first kappa shape index (κ1) is 20.8. The first-order valence-electron chi connectivity index (χ1n) is 9.68. The third-order valence-electron chi connectivity index (χ3n) is 5.55. The zero-order valence-corrected chi connectivity index (χ0v) is 18.4. The molecule has 2 aliphatic rings. The number of hydrogen-bond donors (Lipinski definition) is 2. The minimum atomic E-state index is -0.715. The van der Waals surface area contributed by atoms with Crippen molar-refractivity contribution in [3.8, 4) is 5.75 Å². The van der Waals surface area contributed by atoms with Crippen LogP contribution in [0.2, 0.25) is 10.0 Å². The maximum Gasteiger partial charge on any atom is 0.224 e. The van der Waals surface area contributed by atoms with E-state index in [0.29, 0.717) is 51.1 Å². The molecule has 1 amide bonds. The minimum Gasteiger partial charge on any atom is -0.506 e. The number of ketones is 1. The Hall–Kier alpha value is -2.50. The second-order valence-electron chi connectivity index (χ2n) is 8.62. The number of nitrogens with zero attached hydrogens (tertiary/aromatic N) is 1. The number of allylic oxidation sites excluding steroid dienone is 1. The number of para-hydroxylation sites is 1. The number of Topliss-reactive ketones (excluding diaryl/α,β-unsaturated/α-hetero) is 1. The Balaban J connectivity index is 2.06. The lowest BCUT2D eigenvalue weighted by atomic mass is 9.73. The van der Waals surface area contributed by atoms with Crippen LogP contribution in [0.4, 0.5) is 11.4 Å². The lowest BCUT2D eigenvalue weighted by Crippen LogP contribution is -2.38. The number of aromatic hydroxyl groups is 1. The number of carbonyl (C=O) groups excluding carboxylic acids is 2. The summed E-state index contributed by atoms with van der Waals surface area (Å²) >= 11 is 12.6. The smallest absolute Gasteiger partial charge is 0.224 e. The summed E-state index contributed by atoms with van der Waals surface area (Å²) in [6.45, 7) is 5.50. The van der Waals surface area contributed by atoms with Crippen LogP contribution in [0.1, 0.15) is 45.2 Å². The summed E-state index contributed by atoms with van der Waals surface area (Å²) in [5.41, 5.74) is 2.48. The van der Waals surface area contributed by atoms with Crippen LogP contribution in [0.5, 0.6) is 5.75 Å². The maximum absolute atomic E-state index is 13.4. The summed E-state index contributed by atoms with van der Waals surface area (Å²) in [6, 6.07) is 9.31. The molecule has 1 unspecified atom stereocenters. The van der Waals surface area contributed by atoms with Gasteiger partial charge in [-0.15, -0.1) is 0 Å². The quantitative estimate of drug-likeness (QED) is 0.540. The van der Waals surface area contributed by atoms with E-state index in [9.17, 15) is 14.7 Å². The molecule has 0 saturated heterocycles. The number of fused-ring (bicyclic) bond motifs is 1. The molecule has 0 bridgehead atoms. The normalized spacial score (nSPS) is 20.2. The van der Waals surface area contributed by atoms with Gasteiger partial charge in [-0.3, -0.25) is 14.5 Å². The molecule has 0 aromatic heterocycles. The van der Waals surface area contributed by atoms with Gasteiger partial charge in [0.2, 0.25) is 5.91 Å². The highest BCUT2D eigenvalue weighted by Crippen LogP contribution is 2.50. The first-order chi connectivity index (χ1) is 14.1. The molecule has 2 N–H and O–H groups in total. The van der Waals surface area contributed by atoms with Gasteiger partial charge in [0.15, 0.2) is 5.78 Å². The van der Waals surface area contributed by atoms with E-state index in [2.05, 4.69) is 5.32 Å². The Morgan fingerprint density at radius 3 is 2.47 bits per heavy atom. The molecule has 5 nitrogen and oxygen atoms in total. The number of amides is 1. The molecule has 156 valence electrons. The first-order valence-corrected chi connectivity index (χ1v) is 10.4. The summed E-state index contributed by atoms with van der Waals surface area (Å²) in [5, 5.41) is 14.7. The van der Waals surface area contributed by atoms with Crippen LogP contribution in [0.3, 0.4) is 0 Å². The summed E-state index contributed by atoms with van der Waals surface area (Å²) < 4.78 is 0. The number of anilines is 2. The molecule has 30 heavy (non-hydrogen) atoms. The van der Waals surface area contributed by atoms with Gasteiger partial charge in [-0.05, 0) is 47.7 Å². The zero-order valence-electron chi connectivity index (χ0n) is 16.9. The van der Waals surface area contributed by atoms with E-state index >= 15 is 0 Å². The Kier molecular flexibility index (Phi) is 5.07. The largest absolute Gasteiger partial charge is 0.506 e. The van der Waals surface area contributed by atoms with Crippen molar-refractivity contribution < 1.29 is 14.7 Å². The topological polar surface area (TPSA) is 69.6 Å². The Morgan fingerprint density at radius 2 is 1.83 bits per heavy atom. The fraction of sp³-hybridized carbons (Fsp3) is 0.304. The van der Waals surface area contributed by atoms with Crippen LogP contribution in [-0.4, -0.2) is 16.8 Å². The molecule has 0 fully saturated rings. The van der Waals surface area contributed by atoms with E-state index < -0.39 is 6.04 Å². The van der Waals surface area contributed by atoms with Gasteiger partial charge < -0.3 is 10.4 Å². The average Bonchev–Trinajstić information content (AvgIpc) is 2.75. The van der Waals surface area contributed by atoms with Gasteiger partial charge in [0.25, 0.3) is 0 Å². The fourth-order valence-electron chi connectivity index (χ4n) is 4.44. The number of benzene rings is 2. The number of phenolic OH excluding ortho intramolecular Hbond substituents is 1. The molecule has 1 heterocycles. The number of carbonyl (C=O) groups is 2. The molecule has 1 atom stereocenters. The monoisotopic (exact) mass is 444 g/mol. The van der Waals surface area contributed by atoms with Gasteiger partial charge in [0.05, 0.1) is 11.7 Å².